The number of benzene rings is 1. The third-order valence-corrected chi connectivity index (χ3v) is 3.57. The minimum absolute atomic E-state index is 0.140. The summed E-state index contributed by atoms with van der Waals surface area (Å²) in [5.41, 5.74) is 2.51. The number of rotatable bonds is 2. The first-order valence-corrected chi connectivity index (χ1v) is 6.14. The highest BCUT2D eigenvalue weighted by molar-refractivity contribution is 5.46. The minimum Gasteiger partial charge on any atom is -0.392 e. The van der Waals surface area contributed by atoms with Gasteiger partial charge in [-0.3, -0.25) is 0 Å². The van der Waals surface area contributed by atoms with E-state index in [2.05, 4.69) is 29.2 Å². The summed E-state index contributed by atoms with van der Waals surface area (Å²) in [5, 5.41) is 9.99. The van der Waals surface area contributed by atoms with Crippen LogP contribution in [0, 0.1) is 0 Å². The van der Waals surface area contributed by atoms with E-state index in [4.69, 9.17) is 0 Å². The van der Waals surface area contributed by atoms with Gasteiger partial charge in [-0.15, -0.1) is 0 Å². The SMILES string of the molecule is CN(C)c1ccc(C2CCCCC2O)cc1. The summed E-state index contributed by atoms with van der Waals surface area (Å²) in [6, 6.07) is 8.59. The normalized spacial score (nSPS) is 25.4. The van der Waals surface area contributed by atoms with Crippen LogP contribution in [0.2, 0.25) is 0 Å². The smallest absolute Gasteiger partial charge is 0.0608 e. The Morgan fingerprint density at radius 1 is 1.06 bits per heavy atom. The van der Waals surface area contributed by atoms with Gasteiger partial charge in [-0.1, -0.05) is 25.0 Å². The summed E-state index contributed by atoms with van der Waals surface area (Å²) in [6.07, 6.45) is 4.37. The molecule has 0 saturated heterocycles. The highest BCUT2D eigenvalue weighted by Crippen LogP contribution is 2.33. The molecule has 0 heterocycles. The maximum atomic E-state index is 9.99. The van der Waals surface area contributed by atoms with Gasteiger partial charge in [0.25, 0.3) is 0 Å². The van der Waals surface area contributed by atoms with Crippen LogP contribution in [0.4, 0.5) is 5.69 Å². The molecule has 1 aliphatic rings. The topological polar surface area (TPSA) is 23.5 Å². The predicted molar refractivity (Wildman–Crippen MR) is 68.0 cm³/mol. The van der Waals surface area contributed by atoms with Gasteiger partial charge >= 0.3 is 0 Å². The van der Waals surface area contributed by atoms with Crippen molar-refractivity contribution in [3.8, 4) is 0 Å². The van der Waals surface area contributed by atoms with Crippen molar-refractivity contribution in [2.45, 2.75) is 37.7 Å². The average molecular weight is 219 g/mol. The molecule has 1 aromatic carbocycles. The number of hydrogen-bond acceptors (Lipinski definition) is 2. The number of nitrogens with zero attached hydrogens (tertiary/aromatic N) is 1. The maximum Gasteiger partial charge on any atom is 0.0608 e. The van der Waals surface area contributed by atoms with E-state index in [1.807, 2.05) is 14.1 Å². The van der Waals surface area contributed by atoms with Gasteiger partial charge in [0.05, 0.1) is 6.10 Å². The van der Waals surface area contributed by atoms with Gasteiger partial charge in [0.15, 0.2) is 0 Å². The van der Waals surface area contributed by atoms with Crippen LogP contribution < -0.4 is 4.90 Å². The lowest BCUT2D eigenvalue weighted by Gasteiger charge is -2.28. The highest BCUT2D eigenvalue weighted by atomic mass is 16.3. The molecule has 0 amide bonds. The third-order valence-electron chi connectivity index (χ3n) is 3.57. The van der Waals surface area contributed by atoms with Gasteiger partial charge in [-0.05, 0) is 30.5 Å². The van der Waals surface area contributed by atoms with Gasteiger partial charge in [-0.2, -0.15) is 0 Å². The van der Waals surface area contributed by atoms with E-state index < -0.39 is 0 Å². The zero-order valence-electron chi connectivity index (χ0n) is 10.2. The first-order chi connectivity index (χ1) is 7.68. The van der Waals surface area contributed by atoms with Crippen LogP contribution in [-0.2, 0) is 0 Å². The summed E-state index contributed by atoms with van der Waals surface area (Å²) >= 11 is 0. The summed E-state index contributed by atoms with van der Waals surface area (Å²) in [4.78, 5) is 2.10. The Morgan fingerprint density at radius 2 is 1.69 bits per heavy atom. The molecule has 2 unspecified atom stereocenters. The molecule has 0 spiro atoms. The zero-order valence-corrected chi connectivity index (χ0v) is 10.2. The first kappa shape index (κ1) is 11.5. The fraction of sp³-hybridized carbons (Fsp3) is 0.571. The monoisotopic (exact) mass is 219 g/mol. The Morgan fingerprint density at radius 3 is 2.25 bits per heavy atom. The van der Waals surface area contributed by atoms with Crippen molar-refractivity contribution in [1.29, 1.82) is 0 Å². The molecular weight excluding hydrogens is 198 g/mol. The van der Waals surface area contributed by atoms with Crippen LogP contribution in [0.25, 0.3) is 0 Å². The van der Waals surface area contributed by atoms with Crippen LogP contribution in [0.15, 0.2) is 24.3 Å². The second kappa shape index (κ2) is 4.88. The third kappa shape index (κ3) is 2.38. The lowest BCUT2D eigenvalue weighted by Crippen LogP contribution is -2.22. The molecule has 1 N–H and O–H groups in total. The van der Waals surface area contributed by atoms with E-state index in [9.17, 15) is 5.11 Å². The maximum absolute atomic E-state index is 9.99. The molecule has 1 saturated carbocycles. The molecule has 0 aromatic heterocycles. The van der Waals surface area contributed by atoms with Crippen LogP contribution in [-0.4, -0.2) is 25.3 Å². The molecule has 1 fully saturated rings. The number of hydrogen-bond donors (Lipinski definition) is 1. The summed E-state index contributed by atoms with van der Waals surface area (Å²) in [6.45, 7) is 0. The molecule has 0 bridgehead atoms. The molecule has 2 nitrogen and oxygen atoms in total. The summed E-state index contributed by atoms with van der Waals surface area (Å²) in [7, 11) is 4.09. The highest BCUT2D eigenvalue weighted by Gasteiger charge is 2.24. The Balaban J connectivity index is 2.14. The van der Waals surface area contributed by atoms with Gasteiger partial charge in [0.2, 0.25) is 0 Å². The molecule has 16 heavy (non-hydrogen) atoms. The summed E-state index contributed by atoms with van der Waals surface area (Å²) < 4.78 is 0. The molecule has 0 radical (unpaired) electrons. The number of anilines is 1. The standard InChI is InChI=1S/C14H21NO/c1-15(2)12-9-7-11(8-10-12)13-5-3-4-6-14(13)16/h7-10,13-14,16H,3-6H2,1-2H3. The molecule has 1 aliphatic carbocycles. The lowest BCUT2D eigenvalue weighted by atomic mass is 9.82. The Kier molecular flexibility index (Phi) is 3.49. The van der Waals surface area contributed by atoms with E-state index in [0.717, 1.165) is 12.8 Å². The fourth-order valence-electron chi connectivity index (χ4n) is 2.52. The van der Waals surface area contributed by atoms with E-state index in [1.54, 1.807) is 0 Å². The van der Waals surface area contributed by atoms with Crippen molar-refractivity contribution in [3.05, 3.63) is 29.8 Å². The second-order valence-electron chi connectivity index (χ2n) is 4.94. The van der Waals surface area contributed by atoms with Crippen LogP contribution in [0.5, 0.6) is 0 Å². The molecule has 2 rings (SSSR count). The van der Waals surface area contributed by atoms with E-state index in [1.165, 1.54) is 24.1 Å². The van der Waals surface area contributed by atoms with Crippen LogP contribution >= 0.6 is 0 Å². The molecule has 88 valence electrons. The van der Waals surface area contributed by atoms with Gasteiger partial charge in [0.1, 0.15) is 0 Å². The quantitative estimate of drug-likeness (QED) is 0.826. The van der Waals surface area contributed by atoms with Crippen molar-refractivity contribution in [2.24, 2.45) is 0 Å². The Labute approximate surface area is 97.9 Å². The molecular formula is C14H21NO. The Bertz CT molecular complexity index is 331. The zero-order chi connectivity index (χ0) is 11.5. The minimum atomic E-state index is -0.140. The van der Waals surface area contributed by atoms with E-state index in [-0.39, 0.29) is 6.10 Å². The van der Waals surface area contributed by atoms with Crippen molar-refractivity contribution in [2.75, 3.05) is 19.0 Å². The molecule has 0 aliphatic heterocycles. The number of aliphatic hydroxyl groups excluding tert-OH is 1. The van der Waals surface area contributed by atoms with Crippen LogP contribution in [0.1, 0.15) is 37.2 Å². The van der Waals surface area contributed by atoms with Gasteiger partial charge < -0.3 is 10.0 Å². The van der Waals surface area contributed by atoms with E-state index in [0.29, 0.717) is 5.92 Å². The lowest BCUT2D eigenvalue weighted by molar-refractivity contribution is 0.106. The van der Waals surface area contributed by atoms with Gasteiger partial charge in [-0.25, -0.2) is 0 Å². The van der Waals surface area contributed by atoms with Crippen molar-refractivity contribution >= 4 is 5.69 Å². The molecule has 2 heteroatoms. The molecule has 2 atom stereocenters. The largest absolute Gasteiger partial charge is 0.392 e. The van der Waals surface area contributed by atoms with Crippen LogP contribution in [0.3, 0.4) is 0 Å². The van der Waals surface area contributed by atoms with Gasteiger partial charge in [0, 0.05) is 25.7 Å². The second-order valence-corrected chi connectivity index (χ2v) is 4.94. The fourth-order valence-corrected chi connectivity index (χ4v) is 2.52. The number of aliphatic hydroxyl groups is 1. The predicted octanol–water partition coefficient (Wildman–Crippen LogP) is 2.77. The van der Waals surface area contributed by atoms with Crippen molar-refractivity contribution < 1.29 is 5.11 Å². The van der Waals surface area contributed by atoms with Crippen molar-refractivity contribution in [1.82, 2.24) is 0 Å². The summed E-state index contributed by atoms with van der Waals surface area (Å²) in [5.74, 6) is 0.352. The molecule has 1 aromatic rings. The average Bonchev–Trinajstić information content (AvgIpc) is 2.30. The van der Waals surface area contributed by atoms with Crippen molar-refractivity contribution in [3.63, 3.8) is 0 Å². The first-order valence-electron chi connectivity index (χ1n) is 6.14. The Hall–Kier alpha value is -1.02. The van der Waals surface area contributed by atoms with E-state index >= 15 is 0 Å².